The molecule has 0 aromatic heterocycles. The summed E-state index contributed by atoms with van der Waals surface area (Å²) in [6, 6.07) is 9.14. The number of benzene rings is 1. The van der Waals surface area contributed by atoms with Crippen LogP contribution in [-0.2, 0) is 6.42 Å². The van der Waals surface area contributed by atoms with E-state index in [-0.39, 0.29) is 6.61 Å². The first-order chi connectivity index (χ1) is 10.2. The SMILES string of the molecule is COc1ccccc1CC(C)N(CCO)CC1CCCN1. The van der Waals surface area contributed by atoms with Gasteiger partial charge in [0, 0.05) is 25.2 Å². The minimum atomic E-state index is 0.211. The molecule has 0 aliphatic carbocycles. The summed E-state index contributed by atoms with van der Waals surface area (Å²) in [5, 5.41) is 12.9. The molecule has 2 N–H and O–H groups in total. The lowest BCUT2D eigenvalue weighted by Gasteiger charge is -2.31. The fourth-order valence-corrected chi connectivity index (χ4v) is 3.13. The van der Waals surface area contributed by atoms with Crippen molar-refractivity contribution in [1.29, 1.82) is 0 Å². The molecule has 2 atom stereocenters. The van der Waals surface area contributed by atoms with Gasteiger partial charge in [-0.1, -0.05) is 18.2 Å². The summed E-state index contributed by atoms with van der Waals surface area (Å²) < 4.78 is 5.44. The van der Waals surface area contributed by atoms with Crippen LogP contribution in [0.1, 0.15) is 25.3 Å². The predicted octanol–water partition coefficient (Wildman–Crippen LogP) is 1.67. The van der Waals surface area contributed by atoms with Gasteiger partial charge in [-0.05, 0) is 44.4 Å². The second kappa shape index (κ2) is 8.37. The Labute approximate surface area is 128 Å². The van der Waals surface area contributed by atoms with E-state index in [1.54, 1.807) is 7.11 Å². The topological polar surface area (TPSA) is 44.7 Å². The molecule has 118 valence electrons. The number of para-hydroxylation sites is 1. The smallest absolute Gasteiger partial charge is 0.122 e. The molecule has 1 fully saturated rings. The van der Waals surface area contributed by atoms with E-state index in [0.717, 1.165) is 31.8 Å². The van der Waals surface area contributed by atoms with E-state index in [1.165, 1.54) is 18.4 Å². The van der Waals surface area contributed by atoms with Crippen molar-refractivity contribution in [2.45, 2.75) is 38.3 Å². The number of nitrogens with one attached hydrogen (secondary N) is 1. The molecule has 1 aromatic rings. The van der Waals surface area contributed by atoms with Crippen LogP contribution in [-0.4, -0.2) is 55.4 Å². The van der Waals surface area contributed by atoms with Crippen LogP contribution >= 0.6 is 0 Å². The lowest BCUT2D eigenvalue weighted by atomic mass is 10.0. The van der Waals surface area contributed by atoms with Gasteiger partial charge in [0.1, 0.15) is 5.75 Å². The predicted molar refractivity (Wildman–Crippen MR) is 85.8 cm³/mol. The van der Waals surface area contributed by atoms with Crippen LogP contribution in [0.2, 0.25) is 0 Å². The lowest BCUT2D eigenvalue weighted by Crippen LogP contribution is -2.44. The zero-order valence-corrected chi connectivity index (χ0v) is 13.2. The summed E-state index contributed by atoms with van der Waals surface area (Å²) in [5.41, 5.74) is 1.23. The van der Waals surface area contributed by atoms with Gasteiger partial charge in [0.25, 0.3) is 0 Å². The fraction of sp³-hybridized carbons (Fsp3) is 0.647. The summed E-state index contributed by atoms with van der Waals surface area (Å²) in [5.74, 6) is 0.951. The average Bonchev–Trinajstić information content (AvgIpc) is 3.00. The molecule has 0 amide bonds. The van der Waals surface area contributed by atoms with Gasteiger partial charge >= 0.3 is 0 Å². The molecule has 0 saturated carbocycles. The number of hydrogen-bond acceptors (Lipinski definition) is 4. The highest BCUT2D eigenvalue weighted by molar-refractivity contribution is 5.33. The molecule has 1 saturated heterocycles. The Morgan fingerprint density at radius 1 is 1.43 bits per heavy atom. The number of ether oxygens (including phenoxy) is 1. The maximum atomic E-state index is 9.34. The van der Waals surface area contributed by atoms with Crippen molar-refractivity contribution in [3.8, 4) is 5.75 Å². The first-order valence-electron chi connectivity index (χ1n) is 7.94. The molecule has 0 radical (unpaired) electrons. The molecule has 1 heterocycles. The number of aliphatic hydroxyl groups is 1. The van der Waals surface area contributed by atoms with E-state index >= 15 is 0 Å². The average molecular weight is 292 g/mol. The van der Waals surface area contributed by atoms with Crippen LogP contribution < -0.4 is 10.1 Å². The summed E-state index contributed by atoms with van der Waals surface area (Å²) in [4.78, 5) is 2.38. The second-order valence-corrected chi connectivity index (χ2v) is 5.88. The van der Waals surface area contributed by atoms with Crippen molar-refractivity contribution in [3.05, 3.63) is 29.8 Å². The third-order valence-corrected chi connectivity index (χ3v) is 4.34. The molecular weight excluding hydrogens is 264 g/mol. The quantitative estimate of drug-likeness (QED) is 0.765. The van der Waals surface area contributed by atoms with Crippen LogP contribution in [0.5, 0.6) is 5.75 Å². The highest BCUT2D eigenvalue weighted by Gasteiger charge is 2.21. The first kappa shape index (κ1) is 16.3. The molecule has 1 aliphatic heterocycles. The molecule has 4 heteroatoms. The number of nitrogens with zero attached hydrogens (tertiary/aromatic N) is 1. The fourth-order valence-electron chi connectivity index (χ4n) is 3.13. The Morgan fingerprint density at radius 2 is 2.24 bits per heavy atom. The van der Waals surface area contributed by atoms with Crippen molar-refractivity contribution < 1.29 is 9.84 Å². The summed E-state index contributed by atoms with van der Waals surface area (Å²) in [6.45, 7) is 5.31. The number of hydrogen-bond donors (Lipinski definition) is 2. The van der Waals surface area contributed by atoms with E-state index in [2.05, 4.69) is 29.3 Å². The van der Waals surface area contributed by atoms with Gasteiger partial charge in [-0.25, -0.2) is 0 Å². The highest BCUT2D eigenvalue weighted by atomic mass is 16.5. The Bertz CT molecular complexity index is 419. The maximum absolute atomic E-state index is 9.34. The number of aliphatic hydroxyl groups excluding tert-OH is 1. The number of rotatable bonds is 8. The van der Waals surface area contributed by atoms with Crippen molar-refractivity contribution in [1.82, 2.24) is 10.2 Å². The molecule has 0 bridgehead atoms. The van der Waals surface area contributed by atoms with Gasteiger partial charge in [0.15, 0.2) is 0 Å². The van der Waals surface area contributed by atoms with Gasteiger partial charge in [-0.15, -0.1) is 0 Å². The zero-order valence-electron chi connectivity index (χ0n) is 13.2. The lowest BCUT2D eigenvalue weighted by molar-refractivity contribution is 0.146. The van der Waals surface area contributed by atoms with Crippen molar-refractivity contribution in [3.63, 3.8) is 0 Å². The minimum Gasteiger partial charge on any atom is -0.496 e. The largest absolute Gasteiger partial charge is 0.496 e. The van der Waals surface area contributed by atoms with Crippen molar-refractivity contribution in [2.24, 2.45) is 0 Å². The van der Waals surface area contributed by atoms with Crippen LogP contribution in [0.4, 0.5) is 0 Å². The van der Waals surface area contributed by atoms with E-state index in [4.69, 9.17) is 4.74 Å². The summed E-state index contributed by atoms with van der Waals surface area (Å²) in [7, 11) is 1.72. The normalized spacial score (nSPS) is 19.9. The van der Waals surface area contributed by atoms with E-state index < -0.39 is 0 Å². The molecule has 21 heavy (non-hydrogen) atoms. The Hall–Kier alpha value is -1.10. The number of methoxy groups -OCH3 is 1. The molecule has 2 unspecified atom stereocenters. The molecule has 0 spiro atoms. The van der Waals surface area contributed by atoms with Gasteiger partial charge in [-0.3, -0.25) is 4.90 Å². The zero-order chi connectivity index (χ0) is 15.1. The van der Waals surface area contributed by atoms with E-state index in [1.807, 2.05) is 12.1 Å². The first-order valence-corrected chi connectivity index (χ1v) is 7.94. The Morgan fingerprint density at radius 3 is 2.90 bits per heavy atom. The molecular formula is C17H28N2O2. The summed E-state index contributed by atoms with van der Waals surface area (Å²) >= 11 is 0. The molecule has 4 nitrogen and oxygen atoms in total. The molecule has 1 aliphatic rings. The van der Waals surface area contributed by atoms with Crippen LogP contribution in [0.15, 0.2) is 24.3 Å². The van der Waals surface area contributed by atoms with Crippen LogP contribution in [0.25, 0.3) is 0 Å². The van der Waals surface area contributed by atoms with E-state index in [0.29, 0.717) is 12.1 Å². The Balaban J connectivity index is 1.98. The van der Waals surface area contributed by atoms with E-state index in [9.17, 15) is 5.11 Å². The third-order valence-electron chi connectivity index (χ3n) is 4.34. The minimum absolute atomic E-state index is 0.211. The highest BCUT2D eigenvalue weighted by Crippen LogP contribution is 2.21. The Kier molecular flexibility index (Phi) is 6.49. The van der Waals surface area contributed by atoms with Crippen LogP contribution in [0, 0.1) is 0 Å². The van der Waals surface area contributed by atoms with Gasteiger partial charge < -0.3 is 15.2 Å². The van der Waals surface area contributed by atoms with Gasteiger partial charge in [-0.2, -0.15) is 0 Å². The van der Waals surface area contributed by atoms with Gasteiger partial charge in [0.05, 0.1) is 13.7 Å². The van der Waals surface area contributed by atoms with Crippen molar-refractivity contribution in [2.75, 3.05) is 33.4 Å². The van der Waals surface area contributed by atoms with Crippen LogP contribution in [0.3, 0.4) is 0 Å². The van der Waals surface area contributed by atoms with Crippen molar-refractivity contribution >= 4 is 0 Å². The molecule has 2 rings (SSSR count). The summed E-state index contributed by atoms with van der Waals surface area (Å²) in [6.07, 6.45) is 3.44. The standard InChI is InChI=1S/C17H28N2O2/c1-14(12-15-6-3-4-8-17(15)21-2)19(10-11-20)13-16-7-5-9-18-16/h3-4,6,8,14,16,18,20H,5,7,9-13H2,1-2H3. The second-order valence-electron chi connectivity index (χ2n) is 5.88. The van der Waals surface area contributed by atoms with Gasteiger partial charge in [0.2, 0.25) is 0 Å². The maximum Gasteiger partial charge on any atom is 0.122 e. The molecule has 1 aromatic carbocycles. The monoisotopic (exact) mass is 292 g/mol. The third kappa shape index (κ3) is 4.70.